The molecule has 0 atom stereocenters. The second-order valence-corrected chi connectivity index (χ2v) is 7.51. The van der Waals surface area contributed by atoms with Gasteiger partial charge in [-0.1, -0.05) is 23.5 Å². The Morgan fingerprint density at radius 1 is 1.19 bits per heavy atom. The predicted octanol–water partition coefficient (Wildman–Crippen LogP) is 2.35. The fourth-order valence-electron chi connectivity index (χ4n) is 3.46. The van der Waals surface area contributed by atoms with E-state index in [1.165, 1.54) is 4.70 Å². The van der Waals surface area contributed by atoms with Crippen LogP contribution in [-0.2, 0) is 4.79 Å². The minimum atomic E-state index is 0.123. The van der Waals surface area contributed by atoms with E-state index in [1.54, 1.807) is 11.3 Å². The molecule has 0 radical (unpaired) electrons. The maximum Gasteiger partial charge on any atom is 0.229 e. The van der Waals surface area contributed by atoms with E-state index < -0.39 is 0 Å². The summed E-state index contributed by atoms with van der Waals surface area (Å²) in [6, 6.07) is 8.27. The van der Waals surface area contributed by atoms with Crippen LogP contribution in [-0.4, -0.2) is 42.0 Å². The van der Waals surface area contributed by atoms with E-state index in [-0.39, 0.29) is 5.41 Å². The normalized spacial score (nSPS) is 30.4. The van der Waals surface area contributed by atoms with E-state index in [0.717, 1.165) is 55.6 Å². The van der Waals surface area contributed by atoms with Crippen molar-refractivity contribution in [3.05, 3.63) is 24.3 Å². The Morgan fingerprint density at radius 2 is 1.90 bits per heavy atom. The number of fused-ring (bicyclic) bond motifs is 2. The third-order valence-electron chi connectivity index (χ3n) is 5.23. The van der Waals surface area contributed by atoms with E-state index in [1.807, 2.05) is 6.07 Å². The Bertz CT molecular complexity index is 693. The highest BCUT2D eigenvalue weighted by molar-refractivity contribution is 7.22. The van der Waals surface area contributed by atoms with Gasteiger partial charge < -0.3 is 9.80 Å². The van der Waals surface area contributed by atoms with E-state index in [0.29, 0.717) is 5.91 Å². The van der Waals surface area contributed by atoms with Crippen LogP contribution in [0.5, 0.6) is 0 Å². The molecule has 5 rings (SSSR count). The molecule has 1 aromatic carbocycles. The first-order valence-corrected chi connectivity index (χ1v) is 8.48. The summed E-state index contributed by atoms with van der Waals surface area (Å²) in [5.74, 6) is 1.17. The third kappa shape index (κ3) is 1.73. The fourth-order valence-corrected chi connectivity index (χ4v) is 4.48. The molecule has 1 amide bonds. The lowest BCUT2D eigenvalue weighted by Crippen LogP contribution is -2.50. The number of aromatic nitrogens is 1. The monoisotopic (exact) mass is 299 g/mol. The number of hydrogen-bond acceptors (Lipinski definition) is 4. The zero-order valence-corrected chi connectivity index (χ0v) is 12.6. The highest BCUT2D eigenvalue weighted by atomic mass is 32.1. The molecule has 0 unspecified atom stereocenters. The number of carbonyl (C=O) groups excluding carboxylic acids is 1. The lowest BCUT2D eigenvalue weighted by atomic mass is 10.1. The molecule has 2 heterocycles. The predicted molar refractivity (Wildman–Crippen MR) is 83.6 cm³/mol. The smallest absolute Gasteiger partial charge is 0.229 e. The molecule has 0 bridgehead atoms. The maximum atomic E-state index is 12.4. The van der Waals surface area contributed by atoms with Crippen LogP contribution in [0.3, 0.4) is 0 Å². The highest BCUT2D eigenvalue weighted by Gasteiger charge is 2.75. The first-order valence-electron chi connectivity index (χ1n) is 7.66. The van der Waals surface area contributed by atoms with Crippen LogP contribution >= 0.6 is 11.3 Å². The van der Waals surface area contributed by atoms with Crippen molar-refractivity contribution in [1.29, 1.82) is 0 Å². The van der Waals surface area contributed by atoms with Crippen molar-refractivity contribution < 1.29 is 4.79 Å². The molecule has 3 aliphatic rings. The van der Waals surface area contributed by atoms with E-state index >= 15 is 0 Å². The van der Waals surface area contributed by atoms with Crippen LogP contribution in [0, 0.1) is 11.3 Å². The molecular formula is C16H17N3OS. The molecule has 1 aromatic heterocycles. The van der Waals surface area contributed by atoms with Crippen LogP contribution < -0.4 is 4.90 Å². The van der Waals surface area contributed by atoms with Gasteiger partial charge in [-0.2, -0.15) is 0 Å². The van der Waals surface area contributed by atoms with Gasteiger partial charge in [0.15, 0.2) is 5.13 Å². The molecular weight excluding hydrogens is 282 g/mol. The summed E-state index contributed by atoms with van der Waals surface area (Å²) < 4.78 is 1.24. The standard InChI is InChI=1S/C16H17N3OS/c20-14(16-9-11(16)10-16)18-5-7-19(8-6-18)15-17-12-3-1-2-4-13(12)21-15/h1-4,11H,5-10H2. The second-order valence-electron chi connectivity index (χ2n) is 6.50. The van der Waals surface area contributed by atoms with Crippen molar-refractivity contribution in [1.82, 2.24) is 9.88 Å². The number of thiazole rings is 1. The Morgan fingerprint density at radius 3 is 2.57 bits per heavy atom. The number of amides is 1. The third-order valence-corrected chi connectivity index (χ3v) is 6.33. The van der Waals surface area contributed by atoms with Gasteiger partial charge in [-0.3, -0.25) is 4.79 Å². The van der Waals surface area contributed by atoms with Crippen LogP contribution in [0.2, 0.25) is 0 Å². The molecule has 2 aromatic rings. The average molecular weight is 299 g/mol. The Labute approximate surface area is 127 Å². The first kappa shape index (κ1) is 12.0. The SMILES string of the molecule is O=C(N1CCN(c2nc3ccccc3s2)CC1)C12CC1C2. The Balaban J connectivity index is 1.30. The molecule has 2 saturated carbocycles. The zero-order chi connectivity index (χ0) is 14.0. The maximum absolute atomic E-state index is 12.4. The molecule has 108 valence electrons. The van der Waals surface area contributed by atoms with Gasteiger partial charge in [-0.25, -0.2) is 4.98 Å². The molecule has 5 heteroatoms. The largest absolute Gasteiger partial charge is 0.345 e. The molecule has 2 aliphatic carbocycles. The van der Waals surface area contributed by atoms with Crippen molar-refractivity contribution in [3.8, 4) is 0 Å². The van der Waals surface area contributed by atoms with Gasteiger partial charge in [0.05, 0.1) is 15.6 Å². The van der Waals surface area contributed by atoms with Gasteiger partial charge in [0.1, 0.15) is 0 Å². The topological polar surface area (TPSA) is 36.4 Å². The number of anilines is 1. The van der Waals surface area contributed by atoms with Crippen LogP contribution in [0.15, 0.2) is 24.3 Å². The number of carbonyl (C=O) groups is 1. The minimum Gasteiger partial charge on any atom is -0.345 e. The van der Waals surface area contributed by atoms with Crippen molar-refractivity contribution >= 4 is 32.6 Å². The van der Waals surface area contributed by atoms with Crippen molar-refractivity contribution in [3.63, 3.8) is 0 Å². The minimum absolute atomic E-state index is 0.123. The molecule has 0 spiro atoms. The van der Waals surface area contributed by atoms with E-state index in [2.05, 4.69) is 28.0 Å². The van der Waals surface area contributed by atoms with Gasteiger partial charge >= 0.3 is 0 Å². The van der Waals surface area contributed by atoms with Gasteiger partial charge in [0.2, 0.25) is 5.91 Å². The fraction of sp³-hybridized carbons (Fsp3) is 0.500. The van der Waals surface area contributed by atoms with Crippen LogP contribution in [0.1, 0.15) is 12.8 Å². The molecule has 0 N–H and O–H groups in total. The summed E-state index contributed by atoms with van der Waals surface area (Å²) >= 11 is 1.75. The summed E-state index contributed by atoms with van der Waals surface area (Å²) in [7, 11) is 0. The molecule has 3 fully saturated rings. The summed E-state index contributed by atoms with van der Waals surface area (Å²) in [5.41, 5.74) is 1.20. The number of nitrogens with zero attached hydrogens (tertiary/aromatic N) is 3. The van der Waals surface area contributed by atoms with Crippen LogP contribution in [0.4, 0.5) is 5.13 Å². The number of rotatable bonds is 2. The Hall–Kier alpha value is -1.62. The van der Waals surface area contributed by atoms with Crippen LogP contribution in [0.25, 0.3) is 10.2 Å². The number of piperazine rings is 1. The molecule has 1 aliphatic heterocycles. The molecule has 4 nitrogen and oxygen atoms in total. The van der Waals surface area contributed by atoms with Crippen molar-refractivity contribution in [2.75, 3.05) is 31.1 Å². The lowest BCUT2D eigenvalue weighted by Gasteiger charge is -2.35. The number of hydrogen-bond donors (Lipinski definition) is 0. The summed E-state index contributed by atoms with van der Waals surface area (Å²) in [6.07, 6.45) is 2.31. The Kier molecular flexibility index (Phi) is 2.27. The summed E-state index contributed by atoms with van der Waals surface area (Å²) in [4.78, 5) is 21.5. The zero-order valence-electron chi connectivity index (χ0n) is 11.8. The van der Waals surface area contributed by atoms with E-state index in [9.17, 15) is 4.79 Å². The van der Waals surface area contributed by atoms with Gasteiger partial charge in [-0.15, -0.1) is 0 Å². The summed E-state index contributed by atoms with van der Waals surface area (Å²) in [5, 5.41) is 1.09. The second kappa shape index (κ2) is 3.97. The number of benzene rings is 1. The number of para-hydroxylation sites is 1. The lowest BCUT2D eigenvalue weighted by molar-refractivity contribution is -0.135. The quantitative estimate of drug-likeness (QED) is 0.854. The van der Waals surface area contributed by atoms with E-state index in [4.69, 9.17) is 4.98 Å². The first-order chi connectivity index (χ1) is 10.3. The summed E-state index contributed by atoms with van der Waals surface area (Å²) in [6.45, 7) is 3.52. The van der Waals surface area contributed by atoms with Gasteiger partial charge in [0, 0.05) is 26.2 Å². The average Bonchev–Trinajstić information content (AvgIpc) is 3.34. The van der Waals surface area contributed by atoms with Gasteiger partial charge in [0.25, 0.3) is 0 Å². The molecule has 1 saturated heterocycles. The van der Waals surface area contributed by atoms with Crippen molar-refractivity contribution in [2.45, 2.75) is 12.8 Å². The van der Waals surface area contributed by atoms with Crippen molar-refractivity contribution in [2.24, 2.45) is 11.3 Å². The molecule has 21 heavy (non-hydrogen) atoms. The van der Waals surface area contributed by atoms with Gasteiger partial charge in [-0.05, 0) is 30.9 Å². The highest BCUT2D eigenvalue weighted by Crippen LogP contribution is 2.75.